The zero-order valence-corrected chi connectivity index (χ0v) is 11.1. The molecule has 0 atom stereocenters. The van der Waals surface area contributed by atoms with Gasteiger partial charge in [-0.1, -0.05) is 25.1 Å². The number of hydrogen-bond acceptors (Lipinski definition) is 1. The summed E-state index contributed by atoms with van der Waals surface area (Å²) in [5, 5.41) is 0.915. The molecule has 3 aromatic rings. The highest BCUT2D eigenvalue weighted by molar-refractivity contribution is 6.16. The molecule has 1 heterocycles. The second kappa shape index (κ2) is 4.93. The first-order chi connectivity index (χ1) is 9.70. The number of carbonyl (C=O) groups excluding carboxylic acids is 1. The average Bonchev–Trinajstić information content (AvgIpc) is 2.91. The Balaban J connectivity index is 2.10. The van der Waals surface area contributed by atoms with Crippen molar-refractivity contribution >= 4 is 16.7 Å². The van der Waals surface area contributed by atoms with Gasteiger partial charge in [0.25, 0.3) is 0 Å². The van der Waals surface area contributed by atoms with Crippen molar-refractivity contribution in [3.63, 3.8) is 0 Å². The maximum Gasteiger partial charge on any atom is 0.195 e. The van der Waals surface area contributed by atoms with Crippen LogP contribution in [0, 0.1) is 5.82 Å². The maximum absolute atomic E-state index is 12.9. The van der Waals surface area contributed by atoms with Crippen LogP contribution in [-0.2, 0) is 6.42 Å². The molecule has 0 spiro atoms. The van der Waals surface area contributed by atoms with Crippen LogP contribution in [0.5, 0.6) is 0 Å². The van der Waals surface area contributed by atoms with Gasteiger partial charge in [-0.15, -0.1) is 0 Å². The number of fused-ring (bicyclic) bond motifs is 1. The summed E-state index contributed by atoms with van der Waals surface area (Å²) in [6, 6.07) is 11.6. The first-order valence-electron chi connectivity index (χ1n) is 6.60. The van der Waals surface area contributed by atoms with Gasteiger partial charge in [-0.05, 0) is 36.2 Å². The highest BCUT2D eigenvalue weighted by Crippen LogP contribution is 2.24. The summed E-state index contributed by atoms with van der Waals surface area (Å²) in [5.74, 6) is -0.432. The Labute approximate surface area is 116 Å². The first-order valence-corrected chi connectivity index (χ1v) is 6.60. The van der Waals surface area contributed by atoms with Crippen molar-refractivity contribution in [1.82, 2.24) is 4.98 Å². The normalized spacial score (nSPS) is 10.9. The summed E-state index contributed by atoms with van der Waals surface area (Å²) in [4.78, 5) is 15.7. The summed E-state index contributed by atoms with van der Waals surface area (Å²) < 4.78 is 12.9. The Hall–Kier alpha value is -2.42. The monoisotopic (exact) mass is 267 g/mol. The second-order valence-corrected chi connectivity index (χ2v) is 4.73. The number of aromatic amines is 1. The minimum absolute atomic E-state index is 0.0931. The van der Waals surface area contributed by atoms with Crippen molar-refractivity contribution in [1.29, 1.82) is 0 Å². The third kappa shape index (κ3) is 2.01. The molecule has 0 fully saturated rings. The lowest BCUT2D eigenvalue weighted by Gasteiger charge is -2.01. The van der Waals surface area contributed by atoms with Gasteiger partial charge in [-0.2, -0.15) is 0 Å². The zero-order valence-electron chi connectivity index (χ0n) is 11.1. The predicted octanol–water partition coefficient (Wildman–Crippen LogP) is 4.10. The third-order valence-electron chi connectivity index (χ3n) is 3.53. The number of benzene rings is 2. The molecule has 2 aromatic carbocycles. The molecule has 0 saturated carbocycles. The highest BCUT2D eigenvalue weighted by Gasteiger charge is 2.15. The number of ketones is 1. The van der Waals surface area contributed by atoms with Gasteiger partial charge in [0.15, 0.2) is 5.78 Å². The van der Waals surface area contributed by atoms with Gasteiger partial charge in [0.05, 0.1) is 0 Å². The molecule has 0 aliphatic heterocycles. The van der Waals surface area contributed by atoms with Crippen LogP contribution in [0.25, 0.3) is 10.9 Å². The molecule has 0 aliphatic rings. The van der Waals surface area contributed by atoms with Gasteiger partial charge in [0.2, 0.25) is 0 Å². The van der Waals surface area contributed by atoms with Crippen molar-refractivity contribution in [3.8, 4) is 0 Å². The summed E-state index contributed by atoms with van der Waals surface area (Å²) >= 11 is 0. The van der Waals surface area contributed by atoms with E-state index in [4.69, 9.17) is 0 Å². The van der Waals surface area contributed by atoms with Crippen molar-refractivity contribution < 1.29 is 9.18 Å². The summed E-state index contributed by atoms with van der Waals surface area (Å²) in [5.41, 5.74) is 3.30. The summed E-state index contributed by atoms with van der Waals surface area (Å²) in [6.07, 6.45) is 2.64. The van der Waals surface area contributed by atoms with E-state index in [1.54, 1.807) is 6.20 Å². The van der Waals surface area contributed by atoms with E-state index in [2.05, 4.69) is 11.9 Å². The van der Waals surface area contributed by atoms with Gasteiger partial charge >= 0.3 is 0 Å². The van der Waals surface area contributed by atoms with Crippen LogP contribution in [0.2, 0.25) is 0 Å². The standard InChI is InChI=1S/C17H14FNO/c1-2-11-4-3-5-14-15(10-19-16(11)14)17(20)12-6-8-13(18)9-7-12/h3-10,19H,2H2,1H3. The van der Waals surface area contributed by atoms with Crippen LogP contribution in [0.3, 0.4) is 0 Å². The number of rotatable bonds is 3. The fourth-order valence-corrected chi connectivity index (χ4v) is 2.46. The van der Waals surface area contributed by atoms with Crippen LogP contribution >= 0.6 is 0 Å². The zero-order chi connectivity index (χ0) is 14.1. The van der Waals surface area contributed by atoms with E-state index < -0.39 is 0 Å². The maximum atomic E-state index is 12.9. The molecule has 0 unspecified atom stereocenters. The SMILES string of the molecule is CCc1cccc2c(C(=O)c3ccc(F)cc3)c[nH]c12. The Morgan fingerprint density at radius 2 is 1.90 bits per heavy atom. The molecule has 0 amide bonds. The molecule has 1 N–H and O–H groups in total. The lowest BCUT2D eigenvalue weighted by Crippen LogP contribution is -2.00. The highest BCUT2D eigenvalue weighted by atomic mass is 19.1. The third-order valence-corrected chi connectivity index (χ3v) is 3.53. The van der Waals surface area contributed by atoms with E-state index in [1.807, 2.05) is 18.2 Å². The van der Waals surface area contributed by atoms with Gasteiger partial charge in [0.1, 0.15) is 5.82 Å². The van der Waals surface area contributed by atoms with Crippen molar-refractivity contribution in [2.24, 2.45) is 0 Å². The molecule has 3 rings (SSSR count). The predicted molar refractivity (Wildman–Crippen MR) is 77.5 cm³/mol. The molecule has 1 aromatic heterocycles. The number of aromatic nitrogens is 1. The topological polar surface area (TPSA) is 32.9 Å². The average molecular weight is 267 g/mol. The van der Waals surface area contributed by atoms with Crippen molar-refractivity contribution in [3.05, 3.63) is 71.2 Å². The lowest BCUT2D eigenvalue weighted by molar-refractivity contribution is 0.104. The van der Waals surface area contributed by atoms with Gasteiger partial charge < -0.3 is 4.98 Å². The first kappa shape index (κ1) is 12.6. The molecule has 3 heteroatoms. The Morgan fingerprint density at radius 1 is 1.15 bits per heavy atom. The number of nitrogens with one attached hydrogen (secondary N) is 1. The molecule has 0 radical (unpaired) electrons. The molecule has 0 saturated heterocycles. The van der Waals surface area contributed by atoms with E-state index in [-0.39, 0.29) is 11.6 Å². The largest absolute Gasteiger partial charge is 0.360 e. The van der Waals surface area contributed by atoms with E-state index in [9.17, 15) is 9.18 Å². The number of para-hydroxylation sites is 1. The van der Waals surface area contributed by atoms with Crippen molar-refractivity contribution in [2.75, 3.05) is 0 Å². The van der Waals surface area contributed by atoms with E-state index >= 15 is 0 Å². The Bertz CT molecular complexity index is 771. The smallest absolute Gasteiger partial charge is 0.195 e. The van der Waals surface area contributed by atoms with E-state index in [1.165, 1.54) is 29.8 Å². The number of hydrogen-bond donors (Lipinski definition) is 1. The molecule has 2 nitrogen and oxygen atoms in total. The van der Waals surface area contributed by atoms with Crippen LogP contribution in [0.15, 0.2) is 48.7 Å². The molecule has 100 valence electrons. The molecule has 0 aliphatic carbocycles. The molecular formula is C17H14FNO. The summed E-state index contributed by atoms with van der Waals surface area (Å²) in [7, 11) is 0. The minimum atomic E-state index is -0.339. The number of aryl methyl sites for hydroxylation is 1. The van der Waals surface area contributed by atoms with Gasteiger partial charge in [-0.3, -0.25) is 4.79 Å². The van der Waals surface area contributed by atoms with Gasteiger partial charge in [0, 0.05) is 28.2 Å². The second-order valence-electron chi connectivity index (χ2n) is 4.73. The van der Waals surface area contributed by atoms with Crippen LogP contribution in [0.4, 0.5) is 4.39 Å². The fourth-order valence-electron chi connectivity index (χ4n) is 2.46. The van der Waals surface area contributed by atoms with Crippen LogP contribution in [0.1, 0.15) is 28.4 Å². The number of halogens is 1. The molecule has 0 bridgehead atoms. The summed E-state index contributed by atoms with van der Waals surface area (Å²) in [6.45, 7) is 2.08. The molecule has 20 heavy (non-hydrogen) atoms. The lowest BCUT2D eigenvalue weighted by atomic mass is 10.0. The van der Waals surface area contributed by atoms with Crippen LogP contribution in [-0.4, -0.2) is 10.8 Å². The fraction of sp³-hybridized carbons (Fsp3) is 0.118. The molecular weight excluding hydrogens is 253 g/mol. The Kier molecular flexibility index (Phi) is 3.11. The van der Waals surface area contributed by atoms with E-state index in [0.717, 1.165) is 17.3 Å². The minimum Gasteiger partial charge on any atom is -0.360 e. The van der Waals surface area contributed by atoms with Crippen LogP contribution < -0.4 is 0 Å². The van der Waals surface area contributed by atoms with E-state index in [0.29, 0.717) is 11.1 Å². The van der Waals surface area contributed by atoms with Crippen molar-refractivity contribution in [2.45, 2.75) is 13.3 Å². The Morgan fingerprint density at radius 3 is 2.60 bits per heavy atom. The number of carbonyl (C=O) groups is 1. The number of H-pyrrole nitrogens is 1. The van der Waals surface area contributed by atoms with Gasteiger partial charge in [-0.25, -0.2) is 4.39 Å². The quantitative estimate of drug-likeness (QED) is 0.712.